The molecule has 0 aliphatic carbocycles. The highest BCUT2D eigenvalue weighted by molar-refractivity contribution is 5.93. The molecule has 0 spiro atoms. The Hall–Kier alpha value is -4.43. The van der Waals surface area contributed by atoms with E-state index < -0.39 is 0 Å². The molecule has 0 saturated heterocycles. The maximum Gasteiger partial charge on any atom is 0.278 e. The van der Waals surface area contributed by atoms with Crippen molar-refractivity contribution in [2.75, 3.05) is 0 Å². The second-order valence-corrected chi connectivity index (χ2v) is 7.62. The summed E-state index contributed by atoms with van der Waals surface area (Å²) in [5.41, 5.74) is 0.146. The molecule has 0 unspecified atom stereocenters. The van der Waals surface area contributed by atoms with Crippen LogP contribution in [0.25, 0.3) is 21.8 Å². The Labute approximate surface area is 184 Å². The van der Waals surface area contributed by atoms with Gasteiger partial charge >= 0.3 is 0 Å². The average molecular weight is 449 g/mol. The van der Waals surface area contributed by atoms with Crippen molar-refractivity contribution in [2.24, 2.45) is 0 Å². The minimum atomic E-state index is -0.327. The molecule has 4 heterocycles. The molecule has 0 aliphatic heterocycles. The maximum absolute atomic E-state index is 13.2. The second-order valence-electron chi connectivity index (χ2n) is 7.62. The number of aromatic nitrogens is 13. The summed E-state index contributed by atoms with van der Waals surface area (Å²) in [5.74, 6) is 0. The van der Waals surface area contributed by atoms with E-state index in [1.54, 1.807) is 12.1 Å². The lowest BCUT2D eigenvalue weighted by Crippen LogP contribution is -2.31. The number of tetrazole rings is 2. The SMILES string of the molecule is CC[C@H](Cn1ncnn1)n1nnc2cc3c(=O)n([C@H](C)Cn4cnnn4)cnc3cc2c1=O. The molecular formula is C18H19N13O2. The van der Waals surface area contributed by atoms with Crippen LogP contribution in [-0.4, -0.2) is 65.0 Å². The van der Waals surface area contributed by atoms with Crippen molar-refractivity contribution in [3.8, 4) is 0 Å². The van der Waals surface area contributed by atoms with E-state index in [1.807, 2.05) is 13.8 Å². The highest BCUT2D eigenvalue weighted by Crippen LogP contribution is 2.17. The van der Waals surface area contributed by atoms with E-state index in [2.05, 4.69) is 46.2 Å². The number of hydrogen-bond acceptors (Lipinski definition) is 11. The molecule has 0 amide bonds. The summed E-state index contributed by atoms with van der Waals surface area (Å²) in [7, 11) is 0. The number of hydrogen-bond donors (Lipinski definition) is 0. The van der Waals surface area contributed by atoms with E-state index in [1.165, 1.54) is 37.7 Å². The molecule has 0 bridgehead atoms. The van der Waals surface area contributed by atoms with Crippen LogP contribution in [0.1, 0.15) is 32.4 Å². The van der Waals surface area contributed by atoms with E-state index in [0.717, 1.165) is 0 Å². The van der Waals surface area contributed by atoms with Gasteiger partial charge in [-0.25, -0.2) is 14.3 Å². The normalized spacial score (nSPS) is 13.5. The summed E-state index contributed by atoms with van der Waals surface area (Å²) >= 11 is 0. The zero-order chi connectivity index (χ0) is 22.9. The quantitative estimate of drug-likeness (QED) is 0.290. The van der Waals surface area contributed by atoms with E-state index in [0.29, 0.717) is 41.3 Å². The predicted octanol–water partition coefficient (Wildman–Crippen LogP) is -0.613. The van der Waals surface area contributed by atoms with Crippen molar-refractivity contribution in [1.82, 2.24) is 65.0 Å². The Balaban J connectivity index is 1.55. The van der Waals surface area contributed by atoms with Crippen LogP contribution in [0, 0.1) is 0 Å². The molecule has 0 aliphatic rings. The molecule has 2 atom stereocenters. The fraction of sp³-hybridized carbons (Fsp3) is 0.389. The van der Waals surface area contributed by atoms with Gasteiger partial charge in [-0.2, -0.15) is 4.80 Å². The van der Waals surface area contributed by atoms with E-state index in [-0.39, 0.29) is 23.2 Å². The van der Waals surface area contributed by atoms with Crippen LogP contribution in [-0.2, 0) is 13.1 Å². The third kappa shape index (κ3) is 3.72. The lowest BCUT2D eigenvalue weighted by Gasteiger charge is -2.16. The summed E-state index contributed by atoms with van der Waals surface area (Å²) in [6.45, 7) is 4.52. The van der Waals surface area contributed by atoms with Crippen molar-refractivity contribution in [3.63, 3.8) is 0 Å². The first-order chi connectivity index (χ1) is 16.0. The minimum absolute atomic E-state index is 0.247. The maximum atomic E-state index is 13.2. The Morgan fingerprint density at radius 3 is 2.48 bits per heavy atom. The van der Waals surface area contributed by atoms with Gasteiger partial charge in [-0.1, -0.05) is 12.1 Å². The van der Waals surface area contributed by atoms with E-state index >= 15 is 0 Å². The van der Waals surface area contributed by atoms with Gasteiger partial charge in [0, 0.05) is 0 Å². The Morgan fingerprint density at radius 2 is 1.76 bits per heavy atom. The van der Waals surface area contributed by atoms with Gasteiger partial charge < -0.3 is 0 Å². The highest BCUT2D eigenvalue weighted by Gasteiger charge is 2.18. The fourth-order valence-corrected chi connectivity index (χ4v) is 3.70. The molecule has 5 rings (SSSR count). The molecule has 168 valence electrons. The van der Waals surface area contributed by atoms with Gasteiger partial charge in [0.05, 0.1) is 47.8 Å². The molecule has 0 radical (unpaired) electrons. The number of nitrogens with zero attached hydrogens (tertiary/aromatic N) is 13. The Bertz CT molecular complexity index is 1520. The Kier molecular flexibility index (Phi) is 5.12. The smallest absolute Gasteiger partial charge is 0.278 e. The third-order valence-corrected chi connectivity index (χ3v) is 5.49. The zero-order valence-corrected chi connectivity index (χ0v) is 17.8. The predicted molar refractivity (Wildman–Crippen MR) is 113 cm³/mol. The largest absolute Gasteiger partial charge is 0.294 e. The third-order valence-electron chi connectivity index (χ3n) is 5.49. The first kappa shape index (κ1) is 20.5. The summed E-state index contributed by atoms with van der Waals surface area (Å²) in [5, 5.41) is 31.5. The van der Waals surface area contributed by atoms with E-state index in [4.69, 9.17) is 0 Å². The van der Waals surface area contributed by atoms with Gasteiger partial charge in [-0.15, -0.1) is 20.4 Å². The molecule has 1 aromatic carbocycles. The molecule has 15 heteroatoms. The molecule has 0 N–H and O–H groups in total. The summed E-state index contributed by atoms with van der Waals surface area (Å²) in [6, 6.07) is 2.57. The van der Waals surface area contributed by atoms with Crippen LogP contribution in [0.15, 0.2) is 40.7 Å². The first-order valence-corrected chi connectivity index (χ1v) is 10.3. The average Bonchev–Trinajstić information content (AvgIpc) is 3.52. The zero-order valence-electron chi connectivity index (χ0n) is 17.8. The summed E-state index contributed by atoms with van der Waals surface area (Å²) < 4.78 is 4.35. The van der Waals surface area contributed by atoms with Crippen molar-refractivity contribution < 1.29 is 0 Å². The molecule has 0 fully saturated rings. The lowest BCUT2D eigenvalue weighted by atomic mass is 10.1. The van der Waals surface area contributed by atoms with E-state index in [9.17, 15) is 9.59 Å². The highest BCUT2D eigenvalue weighted by atomic mass is 16.1. The molecule has 5 aromatic rings. The van der Waals surface area contributed by atoms with Crippen LogP contribution >= 0.6 is 0 Å². The van der Waals surface area contributed by atoms with Gasteiger partial charge in [0.2, 0.25) is 0 Å². The first-order valence-electron chi connectivity index (χ1n) is 10.3. The van der Waals surface area contributed by atoms with Gasteiger partial charge in [0.15, 0.2) is 6.33 Å². The molecule has 0 saturated carbocycles. The van der Waals surface area contributed by atoms with Crippen molar-refractivity contribution in [2.45, 2.75) is 45.4 Å². The van der Waals surface area contributed by atoms with Gasteiger partial charge in [-0.3, -0.25) is 14.2 Å². The monoisotopic (exact) mass is 449 g/mol. The van der Waals surface area contributed by atoms with Crippen molar-refractivity contribution in [1.29, 1.82) is 0 Å². The molecular weight excluding hydrogens is 430 g/mol. The minimum Gasteiger partial charge on any atom is -0.294 e. The van der Waals surface area contributed by atoms with Crippen molar-refractivity contribution in [3.05, 3.63) is 51.8 Å². The number of rotatable bonds is 7. The van der Waals surface area contributed by atoms with Crippen LogP contribution in [0.3, 0.4) is 0 Å². The molecule has 4 aromatic heterocycles. The van der Waals surface area contributed by atoms with Crippen LogP contribution < -0.4 is 11.1 Å². The lowest BCUT2D eigenvalue weighted by molar-refractivity contribution is 0.324. The summed E-state index contributed by atoms with van der Waals surface area (Å²) in [6.07, 6.45) is 4.88. The fourth-order valence-electron chi connectivity index (χ4n) is 3.70. The second kappa shape index (κ2) is 8.25. The Morgan fingerprint density at radius 1 is 0.939 bits per heavy atom. The van der Waals surface area contributed by atoms with Gasteiger partial charge in [-0.05, 0) is 41.1 Å². The molecule has 15 nitrogen and oxygen atoms in total. The van der Waals surface area contributed by atoms with Crippen LogP contribution in [0.5, 0.6) is 0 Å². The topological polar surface area (TPSA) is 170 Å². The standard InChI is InChI=1S/C18H19N13O2/c1-3-12(7-30-22-8-20-25-30)31-18(33)14-4-15-13(5-16(14)23-26-31)17(32)29(9-19-15)11(2)6-28-10-21-24-27-28/h4-5,8-12H,3,6-7H2,1-2H3/t11-,12-/m1/s1. The number of benzene rings is 1. The van der Waals surface area contributed by atoms with Gasteiger partial charge in [0.25, 0.3) is 11.1 Å². The van der Waals surface area contributed by atoms with Crippen LogP contribution in [0.2, 0.25) is 0 Å². The number of fused-ring (bicyclic) bond motifs is 2. The van der Waals surface area contributed by atoms with Crippen molar-refractivity contribution >= 4 is 21.8 Å². The van der Waals surface area contributed by atoms with Gasteiger partial charge in [0.1, 0.15) is 11.8 Å². The summed E-state index contributed by atoms with van der Waals surface area (Å²) in [4.78, 5) is 32.1. The van der Waals surface area contributed by atoms with Crippen LogP contribution in [0.4, 0.5) is 0 Å². The molecule has 33 heavy (non-hydrogen) atoms.